The van der Waals surface area contributed by atoms with E-state index in [0.29, 0.717) is 5.69 Å². The molecule has 4 rings (SSSR count). The molecule has 0 amide bonds. The predicted molar refractivity (Wildman–Crippen MR) is 115 cm³/mol. The normalized spacial score (nSPS) is 12.1. The molecule has 4 aromatic rings. The van der Waals surface area contributed by atoms with Crippen molar-refractivity contribution in [2.24, 2.45) is 0 Å². The smallest absolute Gasteiger partial charge is 0.261 e. The fourth-order valence-electron chi connectivity index (χ4n) is 3.35. The minimum Gasteiger partial charge on any atom is -0.361 e. The van der Waals surface area contributed by atoms with Gasteiger partial charge in [0.1, 0.15) is 0 Å². The van der Waals surface area contributed by atoms with Crippen molar-refractivity contribution in [3.05, 3.63) is 72.4 Å². The number of hydrogen-bond donors (Lipinski definition) is 2. The van der Waals surface area contributed by atoms with Crippen LogP contribution in [-0.2, 0) is 16.4 Å². The molecular weight excluding hydrogens is 370 g/mol. The molecule has 0 saturated carbocycles. The second-order valence-electron chi connectivity index (χ2n) is 7.24. The van der Waals surface area contributed by atoms with Gasteiger partial charge in [0.2, 0.25) is 0 Å². The molecule has 0 bridgehead atoms. The molecule has 0 aliphatic carbocycles. The molecule has 0 atom stereocenters. The van der Waals surface area contributed by atoms with Gasteiger partial charge in [-0.15, -0.1) is 0 Å². The Kier molecular flexibility index (Phi) is 4.83. The number of aromatic nitrogens is 1. The lowest BCUT2D eigenvalue weighted by molar-refractivity contribution is 0.414. The van der Waals surface area contributed by atoms with Crippen molar-refractivity contribution in [2.75, 3.05) is 25.4 Å². The van der Waals surface area contributed by atoms with Crippen molar-refractivity contribution in [1.82, 2.24) is 9.88 Å². The van der Waals surface area contributed by atoms with Gasteiger partial charge in [-0.2, -0.15) is 0 Å². The number of H-pyrrole nitrogens is 1. The summed E-state index contributed by atoms with van der Waals surface area (Å²) in [5.41, 5.74) is 2.70. The van der Waals surface area contributed by atoms with Crippen LogP contribution in [0.5, 0.6) is 0 Å². The van der Waals surface area contributed by atoms with Gasteiger partial charge in [-0.3, -0.25) is 4.72 Å². The van der Waals surface area contributed by atoms with Crippen LogP contribution in [0.25, 0.3) is 21.7 Å². The maximum atomic E-state index is 12.8. The highest BCUT2D eigenvalue weighted by Crippen LogP contribution is 2.25. The zero-order chi connectivity index (χ0) is 19.7. The van der Waals surface area contributed by atoms with Crippen LogP contribution in [-0.4, -0.2) is 38.9 Å². The van der Waals surface area contributed by atoms with E-state index in [4.69, 9.17) is 0 Å². The van der Waals surface area contributed by atoms with Crippen LogP contribution in [0.4, 0.5) is 5.69 Å². The largest absolute Gasteiger partial charge is 0.361 e. The van der Waals surface area contributed by atoms with E-state index in [0.717, 1.165) is 34.6 Å². The SMILES string of the molecule is CN(C)CCc1c[nH]c2cc(NS(=O)(=O)c3ccc4ccccc4c3)ccc12. The lowest BCUT2D eigenvalue weighted by Gasteiger charge is -2.10. The van der Waals surface area contributed by atoms with E-state index >= 15 is 0 Å². The van der Waals surface area contributed by atoms with Crippen LogP contribution < -0.4 is 4.72 Å². The molecule has 0 aliphatic rings. The third-order valence-electron chi connectivity index (χ3n) is 4.88. The number of rotatable bonds is 6. The van der Waals surface area contributed by atoms with E-state index in [9.17, 15) is 8.42 Å². The number of benzene rings is 3. The lowest BCUT2D eigenvalue weighted by atomic mass is 10.1. The third kappa shape index (κ3) is 3.74. The molecule has 2 N–H and O–H groups in total. The molecule has 144 valence electrons. The molecule has 28 heavy (non-hydrogen) atoms. The van der Waals surface area contributed by atoms with Crippen molar-refractivity contribution in [1.29, 1.82) is 0 Å². The van der Waals surface area contributed by atoms with Crippen molar-refractivity contribution >= 4 is 37.4 Å². The first-order valence-corrected chi connectivity index (χ1v) is 10.7. The number of likely N-dealkylation sites (N-methyl/N-ethyl adjacent to an activating group) is 1. The van der Waals surface area contributed by atoms with Crippen LogP contribution in [0.1, 0.15) is 5.56 Å². The van der Waals surface area contributed by atoms with Gasteiger partial charge in [0.15, 0.2) is 0 Å². The lowest BCUT2D eigenvalue weighted by Crippen LogP contribution is -2.14. The molecule has 0 radical (unpaired) electrons. The number of aromatic amines is 1. The Balaban J connectivity index is 1.60. The van der Waals surface area contributed by atoms with Gasteiger partial charge >= 0.3 is 0 Å². The van der Waals surface area contributed by atoms with Crippen molar-refractivity contribution in [3.8, 4) is 0 Å². The number of fused-ring (bicyclic) bond motifs is 2. The first-order valence-electron chi connectivity index (χ1n) is 9.19. The molecule has 3 aromatic carbocycles. The van der Waals surface area contributed by atoms with E-state index in [1.54, 1.807) is 12.1 Å². The van der Waals surface area contributed by atoms with Gasteiger partial charge < -0.3 is 9.88 Å². The molecular formula is C22H23N3O2S. The van der Waals surface area contributed by atoms with E-state index in [2.05, 4.69) is 28.7 Å². The first-order chi connectivity index (χ1) is 13.4. The molecule has 0 spiro atoms. The summed E-state index contributed by atoms with van der Waals surface area (Å²) in [6, 6.07) is 18.5. The van der Waals surface area contributed by atoms with Gasteiger partial charge in [-0.25, -0.2) is 8.42 Å². The molecule has 5 nitrogen and oxygen atoms in total. The van der Waals surface area contributed by atoms with E-state index in [-0.39, 0.29) is 4.90 Å². The molecule has 0 aliphatic heterocycles. The number of nitrogens with one attached hydrogen (secondary N) is 2. The maximum Gasteiger partial charge on any atom is 0.261 e. The molecule has 6 heteroatoms. The Labute approximate surface area is 165 Å². The Bertz CT molecular complexity index is 1240. The van der Waals surface area contributed by atoms with Gasteiger partial charge in [0.05, 0.1) is 10.6 Å². The summed E-state index contributed by atoms with van der Waals surface area (Å²) in [6.07, 6.45) is 2.94. The van der Waals surface area contributed by atoms with Crippen LogP contribution >= 0.6 is 0 Å². The molecule has 1 aromatic heterocycles. The van der Waals surface area contributed by atoms with Crippen LogP contribution in [0.2, 0.25) is 0 Å². The fraction of sp³-hybridized carbons (Fsp3) is 0.182. The summed E-state index contributed by atoms with van der Waals surface area (Å²) >= 11 is 0. The number of nitrogens with zero attached hydrogens (tertiary/aromatic N) is 1. The van der Waals surface area contributed by atoms with Crippen LogP contribution in [0, 0.1) is 0 Å². The zero-order valence-corrected chi connectivity index (χ0v) is 16.8. The summed E-state index contributed by atoms with van der Waals surface area (Å²) < 4.78 is 28.4. The first kappa shape index (κ1) is 18.5. The Hall–Kier alpha value is -2.83. The number of sulfonamides is 1. The summed E-state index contributed by atoms with van der Waals surface area (Å²) in [6.45, 7) is 0.962. The molecule has 1 heterocycles. The molecule has 0 unspecified atom stereocenters. The average molecular weight is 394 g/mol. The Morgan fingerprint density at radius 1 is 0.964 bits per heavy atom. The number of anilines is 1. The standard InChI is InChI=1S/C22H23N3O2S/c1-25(2)12-11-18-15-23-22-14-19(8-10-21(18)22)24-28(26,27)20-9-7-16-5-3-4-6-17(16)13-20/h3-10,13-15,23-24H,11-12H2,1-2H3. The van der Waals surface area contributed by atoms with E-state index in [1.807, 2.05) is 54.7 Å². The van der Waals surface area contributed by atoms with E-state index < -0.39 is 10.0 Å². The highest BCUT2D eigenvalue weighted by atomic mass is 32.2. The summed E-state index contributed by atoms with van der Waals surface area (Å²) in [7, 11) is 0.442. The summed E-state index contributed by atoms with van der Waals surface area (Å²) in [4.78, 5) is 5.65. The Morgan fingerprint density at radius 3 is 2.54 bits per heavy atom. The second-order valence-corrected chi connectivity index (χ2v) is 8.92. The predicted octanol–water partition coefficient (Wildman–Crippen LogP) is 4.23. The fourth-order valence-corrected chi connectivity index (χ4v) is 4.43. The van der Waals surface area contributed by atoms with Crippen molar-refractivity contribution in [3.63, 3.8) is 0 Å². The Morgan fingerprint density at radius 2 is 1.75 bits per heavy atom. The van der Waals surface area contributed by atoms with Gasteiger partial charge in [-0.05, 0) is 61.1 Å². The van der Waals surface area contributed by atoms with Gasteiger partial charge in [0.25, 0.3) is 10.0 Å². The van der Waals surface area contributed by atoms with Gasteiger partial charge in [-0.1, -0.05) is 36.4 Å². The van der Waals surface area contributed by atoms with Crippen molar-refractivity contribution in [2.45, 2.75) is 11.3 Å². The summed E-state index contributed by atoms with van der Waals surface area (Å²) in [5.74, 6) is 0. The van der Waals surface area contributed by atoms with Crippen molar-refractivity contribution < 1.29 is 8.42 Å². The second kappa shape index (κ2) is 7.30. The van der Waals surface area contributed by atoms with E-state index in [1.165, 1.54) is 5.56 Å². The zero-order valence-electron chi connectivity index (χ0n) is 15.9. The average Bonchev–Trinajstić information content (AvgIpc) is 3.08. The van der Waals surface area contributed by atoms with Crippen LogP contribution in [0.15, 0.2) is 71.8 Å². The molecule has 0 fully saturated rings. The van der Waals surface area contributed by atoms with Gasteiger partial charge in [0, 0.05) is 23.6 Å². The third-order valence-corrected chi connectivity index (χ3v) is 6.26. The molecule has 0 saturated heterocycles. The maximum absolute atomic E-state index is 12.8. The quantitative estimate of drug-likeness (QED) is 0.515. The number of hydrogen-bond acceptors (Lipinski definition) is 3. The minimum absolute atomic E-state index is 0.254. The summed E-state index contributed by atoms with van der Waals surface area (Å²) in [5, 5.41) is 3.03. The topological polar surface area (TPSA) is 65.2 Å². The highest BCUT2D eigenvalue weighted by Gasteiger charge is 2.15. The highest BCUT2D eigenvalue weighted by molar-refractivity contribution is 7.92. The monoisotopic (exact) mass is 393 g/mol. The van der Waals surface area contributed by atoms with Crippen LogP contribution in [0.3, 0.4) is 0 Å². The minimum atomic E-state index is -3.66.